The molecule has 4 nitrogen and oxygen atoms in total. The number of carboxylic acid groups (broad SMARTS) is 1. The van der Waals surface area contributed by atoms with Gasteiger partial charge in [-0.15, -0.1) is 0 Å². The molecule has 1 aromatic rings. The van der Waals surface area contributed by atoms with Crippen LogP contribution in [0.25, 0.3) is 0 Å². The minimum Gasteiger partial charge on any atom is -0.493 e. The lowest BCUT2D eigenvalue weighted by Crippen LogP contribution is -2.37. The predicted octanol–water partition coefficient (Wildman–Crippen LogP) is 3.06. The third-order valence-corrected chi connectivity index (χ3v) is 2.98. The first kappa shape index (κ1) is 16.5. The zero-order valence-corrected chi connectivity index (χ0v) is 12.6. The molecule has 1 aromatic carbocycles. The van der Waals surface area contributed by atoms with Gasteiger partial charge in [-0.3, -0.25) is 4.79 Å². The largest absolute Gasteiger partial charge is 0.493 e. The molecule has 2 N–H and O–H groups in total. The SMILES string of the molecule is CCCOc1ccccc1CN[C@@H](CC(C)C)C(=O)O. The molecule has 0 saturated heterocycles. The lowest BCUT2D eigenvalue weighted by Gasteiger charge is -2.18. The smallest absolute Gasteiger partial charge is 0.320 e. The summed E-state index contributed by atoms with van der Waals surface area (Å²) in [7, 11) is 0. The Kier molecular flexibility index (Phi) is 7.09. The molecule has 0 fully saturated rings. The van der Waals surface area contributed by atoms with Gasteiger partial charge in [-0.05, 0) is 24.8 Å². The zero-order valence-electron chi connectivity index (χ0n) is 12.6. The molecule has 0 saturated carbocycles. The van der Waals surface area contributed by atoms with Crippen LogP contribution in [0.4, 0.5) is 0 Å². The molecular weight excluding hydrogens is 254 g/mol. The van der Waals surface area contributed by atoms with Crippen molar-refractivity contribution in [2.24, 2.45) is 5.92 Å². The number of carboxylic acids is 1. The van der Waals surface area contributed by atoms with Gasteiger partial charge in [0.25, 0.3) is 0 Å². The summed E-state index contributed by atoms with van der Waals surface area (Å²) in [6.07, 6.45) is 1.57. The van der Waals surface area contributed by atoms with Crippen molar-refractivity contribution in [1.82, 2.24) is 5.32 Å². The van der Waals surface area contributed by atoms with Crippen LogP contribution in [0.3, 0.4) is 0 Å². The lowest BCUT2D eigenvalue weighted by atomic mass is 10.0. The second-order valence-corrected chi connectivity index (χ2v) is 5.36. The van der Waals surface area contributed by atoms with E-state index in [1.165, 1.54) is 0 Å². The molecule has 0 heterocycles. The molecule has 0 amide bonds. The average molecular weight is 279 g/mol. The fourth-order valence-electron chi connectivity index (χ4n) is 1.98. The third kappa shape index (κ3) is 5.61. The van der Waals surface area contributed by atoms with Crippen LogP contribution in [0.1, 0.15) is 39.2 Å². The summed E-state index contributed by atoms with van der Waals surface area (Å²) in [6.45, 7) is 7.28. The molecule has 0 aliphatic carbocycles. The summed E-state index contributed by atoms with van der Waals surface area (Å²) < 4.78 is 5.67. The quantitative estimate of drug-likeness (QED) is 0.729. The Bertz CT molecular complexity index is 418. The summed E-state index contributed by atoms with van der Waals surface area (Å²) in [5.74, 6) is 0.372. The standard InChI is InChI=1S/C16H25NO3/c1-4-9-20-15-8-6-5-7-13(15)11-17-14(16(18)19)10-12(2)3/h5-8,12,14,17H,4,9-11H2,1-3H3,(H,18,19)/t14-/m0/s1. The molecular formula is C16H25NO3. The Morgan fingerprint density at radius 1 is 1.35 bits per heavy atom. The minimum absolute atomic E-state index is 0.343. The molecule has 1 rings (SSSR count). The molecule has 1 atom stereocenters. The van der Waals surface area contributed by atoms with E-state index in [0.29, 0.717) is 25.5 Å². The fraction of sp³-hybridized carbons (Fsp3) is 0.562. The molecule has 0 radical (unpaired) electrons. The maximum atomic E-state index is 11.2. The second-order valence-electron chi connectivity index (χ2n) is 5.36. The van der Waals surface area contributed by atoms with Crippen LogP contribution in [0.2, 0.25) is 0 Å². The van der Waals surface area contributed by atoms with Crippen molar-refractivity contribution in [2.75, 3.05) is 6.61 Å². The number of benzene rings is 1. The van der Waals surface area contributed by atoms with Crippen LogP contribution in [0.15, 0.2) is 24.3 Å². The first-order chi connectivity index (χ1) is 9.54. The minimum atomic E-state index is -0.800. The highest BCUT2D eigenvalue weighted by Crippen LogP contribution is 2.18. The van der Waals surface area contributed by atoms with Gasteiger partial charge in [0.1, 0.15) is 11.8 Å². The number of ether oxygens (including phenoxy) is 1. The molecule has 4 heteroatoms. The van der Waals surface area contributed by atoms with E-state index in [0.717, 1.165) is 17.7 Å². The number of hydrogen-bond acceptors (Lipinski definition) is 3. The Morgan fingerprint density at radius 2 is 2.05 bits per heavy atom. The maximum Gasteiger partial charge on any atom is 0.320 e. The van der Waals surface area contributed by atoms with Crippen molar-refractivity contribution in [3.8, 4) is 5.75 Å². The zero-order chi connectivity index (χ0) is 15.0. The lowest BCUT2D eigenvalue weighted by molar-refractivity contribution is -0.140. The van der Waals surface area contributed by atoms with E-state index >= 15 is 0 Å². The molecule has 20 heavy (non-hydrogen) atoms. The third-order valence-electron chi connectivity index (χ3n) is 2.98. The first-order valence-corrected chi connectivity index (χ1v) is 7.21. The molecule has 0 aliphatic rings. The summed E-state index contributed by atoms with van der Waals surface area (Å²) in [4.78, 5) is 11.2. The Hall–Kier alpha value is -1.55. The summed E-state index contributed by atoms with van der Waals surface area (Å²) >= 11 is 0. The molecule has 0 unspecified atom stereocenters. The van der Waals surface area contributed by atoms with E-state index < -0.39 is 12.0 Å². The van der Waals surface area contributed by atoms with Crippen molar-refractivity contribution in [2.45, 2.75) is 46.2 Å². The van der Waals surface area contributed by atoms with Crippen LogP contribution in [-0.4, -0.2) is 23.7 Å². The van der Waals surface area contributed by atoms with Crippen molar-refractivity contribution >= 4 is 5.97 Å². The van der Waals surface area contributed by atoms with E-state index in [1.807, 2.05) is 38.1 Å². The van der Waals surface area contributed by atoms with E-state index in [2.05, 4.69) is 12.2 Å². The highest BCUT2D eigenvalue weighted by Gasteiger charge is 2.18. The van der Waals surface area contributed by atoms with Gasteiger partial charge in [0, 0.05) is 12.1 Å². The number of para-hydroxylation sites is 1. The van der Waals surface area contributed by atoms with E-state index in [4.69, 9.17) is 4.74 Å². The fourth-order valence-corrected chi connectivity index (χ4v) is 1.98. The molecule has 0 bridgehead atoms. The molecule has 0 aliphatic heterocycles. The number of carbonyl (C=O) groups is 1. The number of nitrogens with one attached hydrogen (secondary N) is 1. The number of aliphatic carboxylic acids is 1. The Balaban J connectivity index is 2.65. The first-order valence-electron chi connectivity index (χ1n) is 7.21. The van der Waals surface area contributed by atoms with Crippen molar-refractivity contribution in [3.05, 3.63) is 29.8 Å². The van der Waals surface area contributed by atoms with Crippen molar-refractivity contribution in [1.29, 1.82) is 0 Å². The van der Waals surface area contributed by atoms with Crippen molar-refractivity contribution < 1.29 is 14.6 Å². The molecule has 112 valence electrons. The molecule has 0 spiro atoms. The van der Waals surface area contributed by atoms with Crippen LogP contribution < -0.4 is 10.1 Å². The summed E-state index contributed by atoms with van der Waals surface area (Å²) in [5.41, 5.74) is 0.996. The van der Waals surface area contributed by atoms with Gasteiger partial charge in [0.2, 0.25) is 0 Å². The van der Waals surface area contributed by atoms with E-state index in [-0.39, 0.29) is 0 Å². The highest BCUT2D eigenvalue weighted by molar-refractivity contribution is 5.73. The average Bonchev–Trinajstić information content (AvgIpc) is 2.41. The monoisotopic (exact) mass is 279 g/mol. The summed E-state index contributed by atoms with van der Waals surface area (Å²) in [5, 5.41) is 12.3. The highest BCUT2D eigenvalue weighted by atomic mass is 16.5. The topological polar surface area (TPSA) is 58.6 Å². The number of hydrogen-bond donors (Lipinski definition) is 2. The van der Waals surface area contributed by atoms with Gasteiger partial charge in [-0.2, -0.15) is 0 Å². The normalized spacial score (nSPS) is 12.4. The van der Waals surface area contributed by atoms with Crippen LogP contribution in [0, 0.1) is 5.92 Å². The number of rotatable bonds is 9. The maximum absolute atomic E-state index is 11.2. The van der Waals surface area contributed by atoms with Gasteiger partial charge in [0.15, 0.2) is 0 Å². The van der Waals surface area contributed by atoms with Crippen LogP contribution >= 0.6 is 0 Å². The summed E-state index contributed by atoms with van der Waals surface area (Å²) in [6, 6.07) is 7.23. The molecule has 0 aromatic heterocycles. The Morgan fingerprint density at radius 3 is 2.65 bits per heavy atom. The van der Waals surface area contributed by atoms with E-state index in [1.54, 1.807) is 0 Å². The van der Waals surface area contributed by atoms with Gasteiger partial charge < -0.3 is 15.2 Å². The van der Waals surface area contributed by atoms with Gasteiger partial charge in [-0.1, -0.05) is 39.0 Å². The van der Waals surface area contributed by atoms with Gasteiger partial charge >= 0.3 is 5.97 Å². The van der Waals surface area contributed by atoms with Crippen LogP contribution in [-0.2, 0) is 11.3 Å². The van der Waals surface area contributed by atoms with Crippen molar-refractivity contribution in [3.63, 3.8) is 0 Å². The Labute approximate surface area is 121 Å². The predicted molar refractivity (Wildman–Crippen MR) is 79.9 cm³/mol. The van der Waals surface area contributed by atoms with E-state index in [9.17, 15) is 9.90 Å². The van der Waals surface area contributed by atoms with Gasteiger partial charge in [0.05, 0.1) is 6.61 Å². The van der Waals surface area contributed by atoms with Gasteiger partial charge in [-0.25, -0.2) is 0 Å². The second kappa shape index (κ2) is 8.59. The van der Waals surface area contributed by atoms with Crippen LogP contribution in [0.5, 0.6) is 5.75 Å².